The van der Waals surface area contributed by atoms with E-state index in [2.05, 4.69) is 31.8 Å². The number of hydrogen-bond acceptors (Lipinski definition) is 7. The highest BCUT2D eigenvalue weighted by Crippen LogP contribution is 2.33. The molecule has 3 atom stereocenters. The van der Waals surface area contributed by atoms with Crippen molar-refractivity contribution in [1.82, 2.24) is 29.5 Å². The van der Waals surface area contributed by atoms with Crippen LogP contribution in [0.25, 0.3) is 22.5 Å². The summed E-state index contributed by atoms with van der Waals surface area (Å²) in [5, 5.41) is 21.1. The van der Waals surface area contributed by atoms with Crippen molar-refractivity contribution in [1.29, 1.82) is 0 Å². The molecule has 9 nitrogen and oxygen atoms in total. The van der Waals surface area contributed by atoms with Gasteiger partial charge in [-0.05, 0) is 31.4 Å². The molecule has 0 bridgehead atoms. The number of pyridine rings is 1. The van der Waals surface area contributed by atoms with Crippen LogP contribution < -0.4 is 15.5 Å². The average Bonchev–Trinajstić information content (AvgIpc) is 3.26. The quantitative estimate of drug-likeness (QED) is 0.400. The molecule has 1 saturated heterocycles. The van der Waals surface area contributed by atoms with E-state index in [-0.39, 0.29) is 6.04 Å². The third kappa shape index (κ3) is 3.09. The van der Waals surface area contributed by atoms with Crippen LogP contribution in [0.2, 0.25) is 0 Å². The van der Waals surface area contributed by atoms with Gasteiger partial charge in [-0.3, -0.25) is 14.9 Å². The maximum Gasteiger partial charge on any atom is 0.166 e. The van der Waals surface area contributed by atoms with Crippen molar-refractivity contribution < 1.29 is 9.50 Å². The lowest BCUT2D eigenvalue weighted by Gasteiger charge is -2.15. The molecule has 3 N–H and O–H groups in total. The Balaban J connectivity index is 1.49. The first-order valence-corrected chi connectivity index (χ1v) is 11.0. The lowest BCUT2D eigenvalue weighted by atomic mass is 10.3. The number of halogens is 1. The summed E-state index contributed by atoms with van der Waals surface area (Å²) in [6.07, 6.45) is 6.29. The van der Waals surface area contributed by atoms with E-state index < -0.39 is 12.4 Å². The largest absolute Gasteiger partial charge is 0.374 e. The second kappa shape index (κ2) is 7.42. The van der Waals surface area contributed by atoms with E-state index in [1.807, 2.05) is 36.0 Å². The van der Waals surface area contributed by atoms with E-state index in [0.29, 0.717) is 23.4 Å². The Morgan fingerprint density at radius 1 is 1.28 bits per heavy atom. The summed E-state index contributed by atoms with van der Waals surface area (Å²) < 4.78 is 17.0. The minimum absolute atomic E-state index is 0.325. The number of alkyl halides is 1. The molecule has 10 heteroatoms. The molecule has 0 amide bonds. The Bertz CT molecular complexity index is 1290. The second-order valence-electron chi connectivity index (χ2n) is 8.46. The summed E-state index contributed by atoms with van der Waals surface area (Å²) in [7, 11) is 1.82. The van der Waals surface area contributed by atoms with Gasteiger partial charge in [0.15, 0.2) is 5.65 Å². The van der Waals surface area contributed by atoms with Crippen LogP contribution in [-0.2, 0) is 0 Å². The van der Waals surface area contributed by atoms with Gasteiger partial charge in [-0.25, -0.2) is 9.37 Å². The third-order valence-electron chi connectivity index (χ3n) is 6.35. The summed E-state index contributed by atoms with van der Waals surface area (Å²) in [6, 6.07) is 5.55. The summed E-state index contributed by atoms with van der Waals surface area (Å²) in [5.74, 6) is 1.42. The highest BCUT2D eigenvalue weighted by atomic mass is 19.1. The molecule has 1 saturated carbocycles. The van der Waals surface area contributed by atoms with Crippen LogP contribution in [0.5, 0.6) is 0 Å². The second-order valence-corrected chi connectivity index (χ2v) is 8.46. The normalized spacial score (nSPS) is 21.5. The highest BCUT2D eigenvalue weighted by molar-refractivity contribution is 5.91. The first kappa shape index (κ1) is 19.4. The van der Waals surface area contributed by atoms with Crippen molar-refractivity contribution in [3.05, 3.63) is 42.4 Å². The molecule has 0 aromatic carbocycles. The smallest absolute Gasteiger partial charge is 0.166 e. The van der Waals surface area contributed by atoms with Crippen molar-refractivity contribution >= 4 is 28.2 Å². The zero-order valence-electron chi connectivity index (χ0n) is 17.7. The highest BCUT2D eigenvalue weighted by Gasteiger charge is 2.39. The van der Waals surface area contributed by atoms with Crippen LogP contribution >= 0.6 is 0 Å². The Labute approximate surface area is 183 Å². The number of nitrogens with one attached hydrogen (secondary N) is 2. The molecule has 2 aliphatic rings. The summed E-state index contributed by atoms with van der Waals surface area (Å²) in [4.78, 5) is 11.9. The molecule has 2 fully saturated rings. The van der Waals surface area contributed by atoms with Crippen molar-refractivity contribution in [2.75, 3.05) is 30.4 Å². The van der Waals surface area contributed by atoms with Gasteiger partial charge in [0.2, 0.25) is 0 Å². The van der Waals surface area contributed by atoms with E-state index >= 15 is 0 Å². The van der Waals surface area contributed by atoms with Crippen molar-refractivity contribution in [2.45, 2.75) is 37.7 Å². The molecule has 4 aromatic heterocycles. The summed E-state index contributed by atoms with van der Waals surface area (Å²) in [6.45, 7) is 2.04. The van der Waals surface area contributed by atoms with E-state index in [9.17, 15) is 9.50 Å². The van der Waals surface area contributed by atoms with Gasteiger partial charge in [-0.1, -0.05) is 0 Å². The number of aliphatic hydroxyl groups is 1. The fraction of sp³-hybridized carbons (Fsp3) is 0.409. The fourth-order valence-corrected chi connectivity index (χ4v) is 4.51. The predicted octanol–water partition coefficient (Wildman–Crippen LogP) is 2.40. The van der Waals surface area contributed by atoms with E-state index in [1.165, 1.54) is 12.8 Å². The van der Waals surface area contributed by atoms with Gasteiger partial charge in [0.05, 0.1) is 23.0 Å². The lowest BCUT2D eigenvalue weighted by molar-refractivity contribution is 0.134. The number of aromatic nitrogens is 5. The lowest BCUT2D eigenvalue weighted by Crippen LogP contribution is -2.24. The molecule has 32 heavy (non-hydrogen) atoms. The standard InChI is InChI=1S/C22H25FN8O/c1-24-18-10-19(28-21-13(11-26-31(18)21)22(32)27-15-9-14(15)23)30-12-17(29-7-2-3-8-29)20-16(30)5-4-6-25-20/h4-6,10-12,14-15,22,24,27,32H,2-3,7-9H2,1H3/t14-,15+,22?/m0/s1. The molecule has 0 spiro atoms. The molecule has 6 rings (SSSR count). The average molecular weight is 436 g/mol. The van der Waals surface area contributed by atoms with Crippen LogP contribution in [0.1, 0.15) is 31.1 Å². The van der Waals surface area contributed by atoms with Crippen LogP contribution in [-0.4, -0.2) is 61.6 Å². The van der Waals surface area contributed by atoms with Crippen LogP contribution in [0, 0.1) is 0 Å². The van der Waals surface area contributed by atoms with Gasteiger partial charge in [0.1, 0.15) is 29.6 Å². The number of rotatable bonds is 6. The third-order valence-corrected chi connectivity index (χ3v) is 6.35. The molecule has 166 valence electrons. The number of aliphatic hydroxyl groups excluding tert-OH is 1. The van der Waals surface area contributed by atoms with Gasteiger partial charge >= 0.3 is 0 Å². The number of nitrogens with zero attached hydrogens (tertiary/aromatic N) is 6. The monoisotopic (exact) mass is 436 g/mol. The Morgan fingerprint density at radius 3 is 2.84 bits per heavy atom. The zero-order chi connectivity index (χ0) is 21.8. The van der Waals surface area contributed by atoms with Crippen LogP contribution in [0.15, 0.2) is 36.8 Å². The summed E-state index contributed by atoms with van der Waals surface area (Å²) >= 11 is 0. The van der Waals surface area contributed by atoms with Crippen molar-refractivity contribution in [3.63, 3.8) is 0 Å². The minimum atomic E-state index is -1.05. The number of anilines is 2. The van der Waals surface area contributed by atoms with E-state index in [1.54, 1.807) is 10.7 Å². The van der Waals surface area contributed by atoms with Gasteiger partial charge < -0.3 is 15.3 Å². The predicted molar refractivity (Wildman–Crippen MR) is 120 cm³/mol. The van der Waals surface area contributed by atoms with E-state index in [0.717, 1.165) is 35.6 Å². The Kier molecular flexibility index (Phi) is 4.51. The molecular weight excluding hydrogens is 411 g/mol. The number of hydrogen-bond donors (Lipinski definition) is 3. The molecule has 0 radical (unpaired) electrons. The van der Waals surface area contributed by atoms with Gasteiger partial charge in [-0.2, -0.15) is 9.61 Å². The van der Waals surface area contributed by atoms with E-state index in [4.69, 9.17) is 4.98 Å². The molecule has 1 aliphatic carbocycles. The van der Waals surface area contributed by atoms with Gasteiger partial charge in [0, 0.05) is 44.6 Å². The Morgan fingerprint density at radius 2 is 2.09 bits per heavy atom. The molecule has 1 unspecified atom stereocenters. The van der Waals surface area contributed by atoms with Gasteiger partial charge in [-0.15, -0.1) is 0 Å². The summed E-state index contributed by atoms with van der Waals surface area (Å²) in [5.41, 5.74) is 4.03. The molecule has 5 heterocycles. The topological polar surface area (TPSA) is 95.5 Å². The SMILES string of the molecule is CNc1cc(-n2cc(N3CCCC3)c3ncccc32)nc2c(C(O)N[C@@H]3C[C@@H]3F)cnn12. The first-order chi connectivity index (χ1) is 15.6. The molecule has 4 aromatic rings. The maximum absolute atomic E-state index is 13.3. The molecule has 1 aliphatic heterocycles. The zero-order valence-corrected chi connectivity index (χ0v) is 17.7. The number of fused-ring (bicyclic) bond motifs is 2. The van der Waals surface area contributed by atoms with Crippen LogP contribution in [0.3, 0.4) is 0 Å². The van der Waals surface area contributed by atoms with Gasteiger partial charge in [0.25, 0.3) is 0 Å². The van der Waals surface area contributed by atoms with Crippen LogP contribution in [0.4, 0.5) is 15.9 Å². The van der Waals surface area contributed by atoms with Crippen molar-refractivity contribution in [3.8, 4) is 5.82 Å². The minimum Gasteiger partial charge on any atom is -0.374 e. The first-order valence-electron chi connectivity index (χ1n) is 11.0. The van der Waals surface area contributed by atoms with Crippen molar-refractivity contribution in [2.24, 2.45) is 0 Å². The molecular formula is C22H25FN8O. The Hall–Kier alpha value is -3.24. The fourth-order valence-electron chi connectivity index (χ4n) is 4.51. The maximum atomic E-state index is 13.3.